The van der Waals surface area contributed by atoms with Crippen LogP contribution in [0.1, 0.15) is 27.7 Å². The van der Waals surface area contributed by atoms with Gasteiger partial charge in [-0.15, -0.1) is 4.52 Å². The van der Waals surface area contributed by atoms with Gasteiger partial charge in [-0.05, 0) is 16.9 Å². The lowest BCUT2D eigenvalue weighted by molar-refractivity contribution is 0.116. The molecule has 66 valence electrons. The highest BCUT2D eigenvalue weighted by molar-refractivity contribution is 8.49. The fourth-order valence-corrected chi connectivity index (χ4v) is 1.64. The molecule has 0 rings (SSSR count). The summed E-state index contributed by atoms with van der Waals surface area (Å²) in [4.78, 5) is 0. The molecule has 0 aliphatic rings. The van der Waals surface area contributed by atoms with Crippen molar-refractivity contribution in [2.75, 3.05) is 6.26 Å². The van der Waals surface area contributed by atoms with Gasteiger partial charge in [0.2, 0.25) is 0 Å². The van der Waals surface area contributed by atoms with Crippen molar-refractivity contribution in [3.05, 3.63) is 0 Å². The Balaban J connectivity index is 3.87. The summed E-state index contributed by atoms with van der Waals surface area (Å²) in [5.41, 5.74) is 0.0702. The molecule has 0 aliphatic carbocycles. The molecule has 0 bridgehead atoms. The average molecular weight is 195 g/mol. The van der Waals surface area contributed by atoms with Crippen LogP contribution in [0.2, 0.25) is 0 Å². The van der Waals surface area contributed by atoms with E-state index in [1.54, 1.807) is 6.26 Å². The van der Waals surface area contributed by atoms with Crippen LogP contribution in [0.4, 0.5) is 0 Å². The maximum atomic E-state index is 11.0. The second-order valence-corrected chi connectivity index (χ2v) is 6.53. The molecule has 2 atom stereocenters. The predicted octanol–water partition coefficient (Wildman–Crippen LogP) is 3.46. The van der Waals surface area contributed by atoms with E-state index in [0.717, 1.165) is 0 Å². The number of hydrogen-bond acceptors (Lipinski definition) is 3. The van der Waals surface area contributed by atoms with Crippen molar-refractivity contribution in [2.45, 2.75) is 33.8 Å². The van der Waals surface area contributed by atoms with E-state index >= 15 is 0 Å². The van der Waals surface area contributed by atoms with Crippen molar-refractivity contribution in [1.29, 1.82) is 0 Å². The maximum absolute atomic E-state index is 11.0. The van der Waals surface area contributed by atoms with E-state index in [0.29, 0.717) is 0 Å². The Kier molecular flexibility index (Phi) is 4.60. The standard InChI is InChI=1S/C7H16O2PS/c1-6(7(2,3)4)9-10(8)11-5/h6H,1-5H3/q+1. The fraction of sp³-hybridized carbons (Fsp3) is 1.00. The lowest BCUT2D eigenvalue weighted by Crippen LogP contribution is -2.23. The van der Waals surface area contributed by atoms with E-state index in [-0.39, 0.29) is 11.5 Å². The largest absolute Gasteiger partial charge is 0.585 e. The zero-order valence-corrected chi connectivity index (χ0v) is 9.46. The van der Waals surface area contributed by atoms with Crippen LogP contribution in [0, 0.1) is 5.41 Å². The highest BCUT2D eigenvalue weighted by Gasteiger charge is 2.30. The molecule has 0 heterocycles. The van der Waals surface area contributed by atoms with Crippen LogP contribution in [0.25, 0.3) is 0 Å². The molecule has 4 heteroatoms. The van der Waals surface area contributed by atoms with Gasteiger partial charge < -0.3 is 0 Å². The molecule has 0 saturated carbocycles. The van der Waals surface area contributed by atoms with Crippen LogP contribution in [-0.2, 0) is 9.09 Å². The van der Waals surface area contributed by atoms with Gasteiger partial charge in [0.05, 0.1) is 0 Å². The summed E-state index contributed by atoms with van der Waals surface area (Å²) in [5.74, 6) is 0. The SMILES string of the molecule is CS[P+](=O)OC(C)C(C)(C)C. The molecule has 2 unspecified atom stereocenters. The molecular formula is C7H16O2PS+. The molecule has 0 aromatic rings. The van der Waals surface area contributed by atoms with Crippen LogP contribution in [-0.4, -0.2) is 12.4 Å². The summed E-state index contributed by atoms with van der Waals surface area (Å²) < 4.78 is 16.2. The minimum absolute atomic E-state index is 0.0403. The van der Waals surface area contributed by atoms with E-state index in [4.69, 9.17) is 4.52 Å². The Bertz CT molecular complexity index is 142. The van der Waals surface area contributed by atoms with Gasteiger partial charge in [-0.3, -0.25) is 0 Å². The molecule has 0 N–H and O–H groups in total. The van der Waals surface area contributed by atoms with Crippen LogP contribution < -0.4 is 0 Å². The van der Waals surface area contributed by atoms with Crippen molar-refractivity contribution in [1.82, 2.24) is 0 Å². The smallest absolute Gasteiger partial charge is 0.133 e. The molecule has 0 fully saturated rings. The molecular weight excluding hydrogens is 179 g/mol. The third-order valence-electron chi connectivity index (χ3n) is 1.61. The second-order valence-electron chi connectivity index (χ2n) is 3.52. The maximum Gasteiger partial charge on any atom is 0.585 e. The molecule has 11 heavy (non-hydrogen) atoms. The first-order chi connectivity index (χ1) is 4.88. The zero-order chi connectivity index (χ0) is 9.07. The third kappa shape index (κ3) is 4.78. The van der Waals surface area contributed by atoms with Gasteiger partial charge in [-0.2, -0.15) is 0 Å². The van der Waals surface area contributed by atoms with Gasteiger partial charge in [-0.1, -0.05) is 20.8 Å². The predicted molar refractivity (Wildman–Crippen MR) is 51.1 cm³/mol. The van der Waals surface area contributed by atoms with Gasteiger partial charge >= 0.3 is 7.23 Å². The van der Waals surface area contributed by atoms with Crippen molar-refractivity contribution in [3.63, 3.8) is 0 Å². The molecule has 0 spiro atoms. The Morgan fingerprint density at radius 2 is 1.91 bits per heavy atom. The number of rotatable bonds is 3. The van der Waals surface area contributed by atoms with E-state index in [9.17, 15) is 4.57 Å². The van der Waals surface area contributed by atoms with Gasteiger partial charge in [-0.25, -0.2) is 0 Å². The lowest BCUT2D eigenvalue weighted by Gasteiger charge is -2.21. The van der Waals surface area contributed by atoms with E-state index in [2.05, 4.69) is 20.8 Å². The molecule has 0 amide bonds. The molecule has 2 nitrogen and oxygen atoms in total. The van der Waals surface area contributed by atoms with Gasteiger partial charge in [0.25, 0.3) is 0 Å². The fourth-order valence-electron chi connectivity index (χ4n) is 0.330. The summed E-state index contributed by atoms with van der Waals surface area (Å²) in [6.45, 7) is 8.16. The number of hydrogen-bond donors (Lipinski definition) is 0. The van der Waals surface area contributed by atoms with Gasteiger partial charge in [0.1, 0.15) is 6.10 Å². The van der Waals surface area contributed by atoms with E-state index in [1.165, 1.54) is 11.4 Å². The summed E-state index contributed by atoms with van der Waals surface area (Å²) in [6.07, 6.45) is 1.83. The van der Waals surface area contributed by atoms with E-state index in [1.807, 2.05) is 6.92 Å². The minimum atomic E-state index is -1.52. The van der Waals surface area contributed by atoms with Gasteiger partial charge in [0, 0.05) is 6.26 Å². The third-order valence-corrected chi connectivity index (χ3v) is 3.55. The van der Waals surface area contributed by atoms with Crippen LogP contribution >= 0.6 is 18.6 Å². The Labute approximate surface area is 73.7 Å². The van der Waals surface area contributed by atoms with Crippen LogP contribution in [0.3, 0.4) is 0 Å². The molecule has 0 aromatic carbocycles. The molecule has 0 radical (unpaired) electrons. The van der Waals surface area contributed by atoms with Crippen molar-refractivity contribution in [3.8, 4) is 0 Å². The van der Waals surface area contributed by atoms with Crippen LogP contribution in [0.15, 0.2) is 0 Å². The first kappa shape index (κ1) is 11.4. The summed E-state index contributed by atoms with van der Waals surface area (Å²) in [7, 11) is -1.52. The monoisotopic (exact) mass is 195 g/mol. The topological polar surface area (TPSA) is 26.3 Å². The Morgan fingerprint density at radius 1 is 1.45 bits per heavy atom. The van der Waals surface area contributed by atoms with E-state index < -0.39 is 7.23 Å². The molecule has 0 aliphatic heterocycles. The Hall–Kier alpha value is 0.410. The average Bonchev–Trinajstić information content (AvgIpc) is 1.85. The highest BCUT2D eigenvalue weighted by Crippen LogP contribution is 2.40. The highest BCUT2D eigenvalue weighted by atomic mass is 32.7. The van der Waals surface area contributed by atoms with Gasteiger partial charge in [0.15, 0.2) is 11.4 Å². The summed E-state index contributed by atoms with van der Waals surface area (Å²) in [5, 5.41) is 0. The van der Waals surface area contributed by atoms with Crippen LogP contribution in [0.5, 0.6) is 0 Å². The summed E-state index contributed by atoms with van der Waals surface area (Å²) >= 11 is 1.26. The second kappa shape index (κ2) is 4.44. The minimum Gasteiger partial charge on any atom is -0.133 e. The van der Waals surface area contributed by atoms with Crippen molar-refractivity contribution < 1.29 is 9.09 Å². The van der Waals surface area contributed by atoms with Crippen molar-refractivity contribution >= 4 is 18.6 Å². The first-order valence-corrected chi connectivity index (χ1v) is 6.57. The molecule has 0 aromatic heterocycles. The molecule has 0 saturated heterocycles. The van der Waals surface area contributed by atoms with Crippen molar-refractivity contribution in [2.24, 2.45) is 5.41 Å². The zero-order valence-electron chi connectivity index (χ0n) is 7.75. The first-order valence-electron chi connectivity index (χ1n) is 3.56. The normalized spacial score (nSPS) is 16.3. The summed E-state index contributed by atoms with van der Waals surface area (Å²) in [6, 6.07) is 0. The Morgan fingerprint density at radius 3 is 2.18 bits per heavy atom. The quantitative estimate of drug-likeness (QED) is 0.645. The lowest BCUT2D eigenvalue weighted by atomic mass is 9.91.